The summed E-state index contributed by atoms with van der Waals surface area (Å²) >= 11 is 0. The van der Waals surface area contributed by atoms with Crippen LogP contribution in [-0.4, -0.2) is 34.0 Å². The monoisotopic (exact) mass is 324 g/mol. The fourth-order valence-electron chi connectivity index (χ4n) is 3.56. The topological polar surface area (TPSA) is 73.4 Å². The first-order chi connectivity index (χ1) is 11.7. The Bertz CT molecular complexity index is 839. The Morgan fingerprint density at radius 1 is 1.25 bits per heavy atom. The number of amides is 1. The molecule has 2 heterocycles. The van der Waals surface area contributed by atoms with Crippen LogP contribution in [0.1, 0.15) is 52.0 Å². The summed E-state index contributed by atoms with van der Waals surface area (Å²) in [5.74, 6) is 0.192. The number of aromatic amines is 1. The van der Waals surface area contributed by atoms with Gasteiger partial charge in [-0.25, -0.2) is 0 Å². The van der Waals surface area contributed by atoms with E-state index >= 15 is 0 Å². The standard InChI is InChI=1S/C19H20N2O3/c22-11-17-15-4-2-1-3-12(15)7-8-21(17)19(24)14-9-16(13-5-6-13)20-18(23)10-14/h1-4,9-10,13,17,22H,5-8,11H2,(H,20,23). The Morgan fingerprint density at radius 2 is 2.04 bits per heavy atom. The van der Waals surface area contributed by atoms with E-state index in [4.69, 9.17) is 0 Å². The summed E-state index contributed by atoms with van der Waals surface area (Å²) in [6.07, 6.45) is 2.88. The number of aromatic nitrogens is 1. The van der Waals surface area contributed by atoms with Crippen molar-refractivity contribution in [2.24, 2.45) is 0 Å². The number of rotatable bonds is 3. The molecule has 1 unspecified atom stereocenters. The third kappa shape index (κ3) is 2.65. The quantitative estimate of drug-likeness (QED) is 0.907. The molecular formula is C19H20N2O3. The van der Waals surface area contributed by atoms with Gasteiger partial charge in [-0.05, 0) is 42.4 Å². The number of aliphatic hydroxyl groups is 1. The second-order valence-corrected chi connectivity index (χ2v) is 6.61. The van der Waals surface area contributed by atoms with Gasteiger partial charge in [-0.1, -0.05) is 24.3 Å². The number of nitrogens with zero attached hydrogens (tertiary/aromatic N) is 1. The Morgan fingerprint density at radius 3 is 2.79 bits per heavy atom. The highest BCUT2D eigenvalue weighted by Gasteiger charge is 2.32. The summed E-state index contributed by atoms with van der Waals surface area (Å²) in [6, 6.07) is 10.7. The maximum Gasteiger partial charge on any atom is 0.254 e. The van der Waals surface area contributed by atoms with E-state index in [1.807, 2.05) is 24.3 Å². The number of H-pyrrole nitrogens is 1. The van der Waals surface area contributed by atoms with E-state index in [-0.39, 0.29) is 24.1 Å². The number of aliphatic hydroxyl groups excluding tert-OH is 1. The molecule has 2 aromatic rings. The molecule has 5 heteroatoms. The summed E-state index contributed by atoms with van der Waals surface area (Å²) in [4.78, 5) is 29.4. The van der Waals surface area contributed by atoms with Gasteiger partial charge in [0.15, 0.2) is 0 Å². The minimum atomic E-state index is -0.355. The smallest absolute Gasteiger partial charge is 0.254 e. The van der Waals surface area contributed by atoms with Crippen molar-refractivity contribution in [3.05, 3.63) is 69.1 Å². The molecule has 1 aromatic carbocycles. The molecule has 2 N–H and O–H groups in total. The van der Waals surface area contributed by atoms with Gasteiger partial charge < -0.3 is 15.0 Å². The van der Waals surface area contributed by atoms with E-state index < -0.39 is 0 Å². The molecular weight excluding hydrogens is 304 g/mol. The molecule has 0 radical (unpaired) electrons. The van der Waals surface area contributed by atoms with Gasteiger partial charge in [0, 0.05) is 23.9 Å². The third-order valence-electron chi connectivity index (χ3n) is 4.98. The minimum absolute atomic E-state index is 0.124. The molecule has 0 saturated heterocycles. The average molecular weight is 324 g/mol. The van der Waals surface area contributed by atoms with Crippen LogP contribution in [0, 0.1) is 0 Å². The predicted octanol–water partition coefficient (Wildman–Crippen LogP) is 1.98. The number of carbonyl (C=O) groups is 1. The van der Waals surface area contributed by atoms with Crippen LogP contribution in [0.3, 0.4) is 0 Å². The van der Waals surface area contributed by atoms with Crippen molar-refractivity contribution in [2.75, 3.05) is 13.2 Å². The molecule has 1 atom stereocenters. The molecule has 1 saturated carbocycles. The van der Waals surface area contributed by atoms with Crippen molar-refractivity contribution in [3.63, 3.8) is 0 Å². The number of fused-ring (bicyclic) bond motifs is 1. The van der Waals surface area contributed by atoms with E-state index in [0.717, 1.165) is 30.5 Å². The van der Waals surface area contributed by atoms with Gasteiger partial charge in [0.1, 0.15) is 0 Å². The van der Waals surface area contributed by atoms with E-state index in [1.54, 1.807) is 11.0 Å². The molecule has 1 amide bonds. The highest BCUT2D eigenvalue weighted by Crippen LogP contribution is 2.39. The SMILES string of the molecule is O=C(c1cc(C2CC2)[nH]c(=O)c1)N1CCc2ccccc2C1CO. The number of hydrogen-bond acceptors (Lipinski definition) is 3. The predicted molar refractivity (Wildman–Crippen MR) is 90.0 cm³/mol. The van der Waals surface area contributed by atoms with Crippen LogP contribution in [0.25, 0.3) is 0 Å². The van der Waals surface area contributed by atoms with Gasteiger partial charge in [-0.15, -0.1) is 0 Å². The largest absolute Gasteiger partial charge is 0.394 e. The lowest BCUT2D eigenvalue weighted by atomic mass is 9.92. The van der Waals surface area contributed by atoms with E-state index in [1.165, 1.54) is 11.6 Å². The molecule has 1 aromatic heterocycles. The lowest BCUT2D eigenvalue weighted by molar-refractivity contribution is 0.0568. The summed E-state index contributed by atoms with van der Waals surface area (Å²) < 4.78 is 0. The fourth-order valence-corrected chi connectivity index (χ4v) is 3.56. The highest BCUT2D eigenvalue weighted by atomic mass is 16.3. The fraction of sp³-hybridized carbons (Fsp3) is 0.368. The Kier molecular flexibility index (Phi) is 3.73. The Balaban J connectivity index is 1.68. The van der Waals surface area contributed by atoms with Crippen LogP contribution >= 0.6 is 0 Å². The van der Waals surface area contributed by atoms with Crippen molar-refractivity contribution in [2.45, 2.75) is 31.2 Å². The molecule has 24 heavy (non-hydrogen) atoms. The molecule has 0 spiro atoms. The van der Waals surface area contributed by atoms with E-state index in [9.17, 15) is 14.7 Å². The molecule has 2 aliphatic rings. The number of nitrogens with one attached hydrogen (secondary N) is 1. The third-order valence-corrected chi connectivity index (χ3v) is 4.98. The van der Waals surface area contributed by atoms with Crippen molar-refractivity contribution in [1.82, 2.24) is 9.88 Å². The Labute approximate surface area is 139 Å². The first-order valence-corrected chi connectivity index (χ1v) is 8.41. The zero-order valence-electron chi connectivity index (χ0n) is 13.4. The van der Waals surface area contributed by atoms with Crippen LogP contribution in [0.4, 0.5) is 0 Å². The molecule has 0 bridgehead atoms. The highest BCUT2D eigenvalue weighted by molar-refractivity contribution is 5.94. The molecule has 5 nitrogen and oxygen atoms in total. The summed E-state index contributed by atoms with van der Waals surface area (Å²) in [7, 11) is 0. The van der Waals surface area contributed by atoms with Crippen LogP contribution in [-0.2, 0) is 6.42 Å². The van der Waals surface area contributed by atoms with Crippen molar-refractivity contribution >= 4 is 5.91 Å². The first-order valence-electron chi connectivity index (χ1n) is 8.41. The van der Waals surface area contributed by atoms with Crippen LogP contribution in [0.5, 0.6) is 0 Å². The second-order valence-electron chi connectivity index (χ2n) is 6.61. The van der Waals surface area contributed by atoms with Crippen LogP contribution < -0.4 is 5.56 Å². The first kappa shape index (κ1) is 15.1. The maximum absolute atomic E-state index is 13.0. The lowest BCUT2D eigenvalue weighted by Gasteiger charge is -2.36. The van der Waals surface area contributed by atoms with Gasteiger partial charge in [0.05, 0.1) is 12.6 Å². The second kappa shape index (κ2) is 5.91. The summed E-state index contributed by atoms with van der Waals surface area (Å²) in [5.41, 5.74) is 3.19. The molecule has 1 aliphatic heterocycles. The van der Waals surface area contributed by atoms with Gasteiger partial charge >= 0.3 is 0 Å². The van der Waals surface area contributed by atoms with E-state index in [2.05, 4.69) is 4.98 Å². The maximum atomic E-state index is 13.0. The van der Waals surface area contributed by atoms with Gasteiger partial charge in [0.2, 0.25) is 5.56 Å². The van der Waals surface area contributed by atoms with E-state index in [0.29, 0.717) is 18.0 Å². The van der Waals surface area contributed by atoms with Crippen molar-refractivity contribution < 1.29 is 9.90 Å². The number of carbonyl (C=O) groups excluding carboxylic acids is 1. The number of pyridine rings is 1. The zero-order valence-corrected chi connectivity index (χ0v) is 13.4. The molecule has 4 rings (SSSR count). The summed E-state index contributed by atoms with van der Waals surface area (Å²) in [5, 5.41) is 9.85. The summed E-state index contributed by atoms with van der Waals surface area (Å²) in [6.45, 7) is 0.425. The van der Waals surface area contributed by atoms with Crippen molar-refractivity contribution in [1.29, 1.82) is 0 Å². The number of hydrogen-bond donors (Lipinski definition) is 2. The van der Waals surface area contributed by atoms with Gasteiger partial charge in [-0.2, -0.15) is 0 Å². The number of benzene rings is 1. The van der Waals surface area contributed by atoms with Crippen LogP contribution in [0.2, 0.25) is 0 Å². The Hall–Kier alpha value is -2.40. The lowest BCUT2D eigenvalue weighted by Crippen LogP contribution is -2.42. The minimum Gasteiger partial charge on any atom is -0.394 e. The molecule has 124 valence electrons. The molecule has 1 aliphatic carbocycles. The zero-order chi connectivity index (χ0) is 16.7. The van der Waals surface area contributed by atoms with Gasteiger partial charge in [0.25, 0.3) is 5.91 Å². The van der Waals surface area contributed by atoms with Gasteiger partial charge in [-0.3, -0.25) is 9.59 Å². The van der Waals surface area contributed by atoms with Crippen molar-refractivity contribution in [3.8, 4) is 0 Å². The normalized spacial score (nSPS) is 19.9. The van der Waals surface area contributed by atoms with Crippen LogP contribution in [0.15, 0.2) is 41.2 Å². The average Bonchev–Trinajstić information content (AvgIpc) is 3.44. The molecule has 1 fully saturated rings.